The number of carboxylic acids is 1. The summed E-state index contributed by atoms with van der Waals surface area (Å²) >= 11 is 1.19. The molecule has 0 radical (unpaired) electrons. The molecule has 0 spiro atoms. The van der Waals surface area contributed by atoms with Gasteiger partial charge in [-0.3, -0.25) is 4.68 Å². The van der Waals surface area contributed by atoms with E-state index < -0.39 is 16.0 Å². The SMILES string of the molecule is O=C(O)c1cn(CCNS(=O)(=O)c2cnc(C3CC3)s2)nn1. The predicted molar refractivity (Wildman–Crippen MR) is 76.3 cm³/mol. The van der Waals surface area contributed by atoms with Crippen LogP contribution in [0.5, 0.6) is 0 Å². The first-order valence-electron chi connectivity index (χ1n) is 6.54. The molecule has 1 aliphatic carbocycles. The van der Waals surface area contributed by atoms with Crippen molar-refractivity contribution in [3.63, 3.8) is 0 Å². The molecular weight excluding hydrogens is 330 g/mol. The molecule has 118 valence electrons. The molecule has 2 aromatic heterocycles. The summed E-state index contributed by atoms with van der Waals surface area (Å²) in [6.07, 6.45) is 4.75. The quantitative estimate of drug-likeness (QED) is 0.739. The van der Waals surface area contributed by atoms with Gasteiger partial charge in [0.05, 0.1) is 23.9 Å². The highest BCUT2D eigenvalue weighted by molar-refractivity contribution is 7.91. The standard InChI is InChI=1S/C11H13N5O4S2/c17-11(18)8-6-16(15-14-8)4-3-13-22(19,20)9-5-12-10(21-9)7-1-2-7/h5-7,13H,1-4H2,(H,17,18). The number of hydrogen-bond acceptors (Lipinski definition) is 7. The summed E-state index contributed by atoms with van der Waals surface area (Å²) in [5, 5.41) is 16.6. The Hall–Kier alpha value is -1.85. The third kappa shape index (κ3) is 3.31. The minimum Gasteiger partial charge on any atom is -0.476 e. The number of aromatic carboxylic acids is 1. The van der Waals surface area contributed by atoms with Crippen molar-refractivity contribution in [1.82, 2.24) is 24.7 Å². The first-order valence-corrected chi connectivity index (χ1v) is 8.84. The van der Waals surface area contributed by atoms with Gasteiger partial charge in [0.25, 0.3) is 10.0 Å². The Morgan fingerprint density at radius 1 is 1.50 bits per heavy atom. The number of nitrogens with zero attached hydrogens (tertiary/aromatic N) is 4. The zero-order chi connectivity index (χ0) is 15.7. The van der Waals surface area contributed by atoms with Crippen LogP contribution >= 0.6 is 11.3 Å². The molecule has 0 saturated heterocycles. The first-order chi connectivity index (χ1) is 10.5. The summed E-state index contributed by atoms with van der Waals surface area (Å²) in [5.41, 5.74) is -0.181. The number of rotatable bonds is 7. The smallest absolute Gasteiger partial charge is 0.358 e. The zero-order valence-electron chi connectivity index (χ0n) is 11.3. The molecule has 2 N–H and O–H groups in total. The maximum absolute atomic E-state index is 12.1. The van der Waals surface area contributed by atoms with E-state index in [1.165, 1.54) is 28.4 Å². The fraction of sp³-hybridized carbons (Fsp3) is 0.455. The van der Waals surface area contributed by atoms with E-state index in [1.54, 1.807) is 0 Å². The number of hydrogen-bond donors (Lipinski definition) is 2. The molecule has 9 nitrogen and oxygen atoms in total. The molecule has 2 heterocycles. The minimum absolute atomic E-state index is 0.0847. The van der Waals surface area contributed by atoms with Crippen molar-refractivity contribution < 1.29 is 18.3 Å². The van der Waals surface area contributed by atoms with E-state index in [0.717, 1.165) is 17.8 Å². The van der Waals surface area contributed by atoms with Crippen LogP contribution in [0, 0.1) is 0 Å². The van der Waals surface area contributed by atoms with Crippen LogP contribution in [0.4, 0.5) is 0 Å². The lowest BCUT2D eigenvalue weighted by molar-refractivity contribution is 0.0690. The molecule has 0 amide bonds. The van der Waals surface area contributed by atoms with Crippen LogP contribution in [-0.2, 0) is 16.6 Å². The molecule has 1 fully saturated rings. The molecule has 22 heavy (non-hydrogen) atoms. The summed E-state index contributed by atoms with van der Waals surface area (Å²) in [7, 11) is -3.60. The molecule has 0 aromatic carbocycles. The lowest BCUT2D eigenvalue weighted by Gasteiger charge is -2.03. The van der Waals surface area contributed by atoms with Crippen molar-refractivity contribution in [2.45, 2.75) is 29.5 Å². The van der Waals surface area contributed by atoms with Crippen molar-refractivity contribution in [1.29, 1.82) is 0 Å². The molecule has 0 unspecified atom stereocenters. The number of nitrogens with one attached hydrogen (secondary N) is 1. The molecule has 0 atom stereocenters. The van der Waals surface area contributed by atoms with Gasteiger partial charge in [-0.25, -0.2) is 22.9 Å². The Balaban J connectivity index is 1.57. The average Bonchev–Trinajstić information content (AvgIpc) is 3.01. The van der Waals surface area contributed by atoms with Crippen LogP contribution < -0.4 is 4.72 Å². The van der Waals surface area contributed by atoms with Gasteiger partial charge in [-0.05, 0) is 12.8 Å². The zero-order valence-corrected chi connectivity index (χ0v) is 13.0. The Morgan fingerprint density at radius 3 is 2.91 bits per heavy atom. The van der Waals surface area contributed by atoms with Crippen molar-refractivity contribution >= 4 is 27.3 Å². The van der Waals surface area contributed by atoms with Gasteiger partial charge >= 0.3 is 5.97 Å². The topological polar surface area (TPSA) is 127 Å². The van der Waals surface area contributed by atoms with Crippen LogP contribution in [0.3, 0.4) is 0 Å². The van der Waals surface area contributed by atoms with Gasteiger partial charge in [-0.1, -0.05) is 5.21 Å². The van der Waals surface area contributed by atoms with Gasteiger partial charge in [0.2, 0.25) is 0 Å². The van der Waals surface area contributed by atoms with E-state index in [2.05, 4.69) is 20.0 Å². The normalized spacial score (nSPS) is 15.1. The molecule has 0 aliphatic heterocycles. The molecular formula is C11H13N5O4S2. The summed E-state index contributed by atoms with van der Waals surface area (Å²) in [5.74, 6) is -0.761. The summed E-state index contributed by atoms with van der Waals surface area (Å²) in [6, 6.07) is 0. The number of sulfonamides is 1. The molecule has 3 rings (SSSR count). The van der Waals surface area contributed by atoms with E-state index in [0.29, 0.717) is 5.92 Å². The van der Waals surface area contributed by atoms with Crippen molar-refractivity contribution in [2.24, 2.45) is 0 Å². The second-order valence-corrected chi connectivity index (χ2v) is 7.92. The molecule has 11 heteroatoms. The van der Waals surface area contributed by atoms with Crippen molar-refractivity contribution in [3.05, 3.63) is 23.1 Å². The highest BCUT2D eigenvalue weighted by atomic mass is 32.2. The fourth-order valence-electron chi connectivity index (χ4n) is 1.79. The largest absolute Gasteiger partial charge is 0.476 e. The van der Waals surface area contributed by atoms with Gasteiger partial charge in [-0.2, -0.15) is 0 Å². The maximum atomic E-state index is 12.1. The molecule has 1 saturated carbocycles. The second-order valence-electron chi connectivity index (χ2n) is 4.86. The van der Waals surface area contributed by atoms with Crippen LogP contribution in [0.15, 0.2) is 16.6 Å². The lowest BCUT2D eigenvalue weighted by atomic mass is 10.5. The van der Waals surface area contributed by atoms with E-state index >= 15 is 0 Å². The van der Waals surface area contributed by atoms with Gasteiger partial charge in [-0.15, -0.1) is 16.4 Å². The minimum atomic E-state index is -3.60. The molecule has 2 aromatic rings. The average molecular weight is 343 g/mol. The number of carboxylic acid groups (broad SMARTS) is 1. The Kier molecular flexibility index (Phi) is 3.93. The third-order valence-electron chi connectivity index (χ3n) is 3.08. The van der Waals surface area contributed by atoms with Crippen molar-refractivity contribution in [3.8, 4) is 0 Å². The van der Waals surface area contributed by atoms with Gasteiger partial charge in [0, 0.05) is 12.5 Å². The van der Waals surface area contributed by atoms with Crippen LogP contribution in [-0.4, -0.2) is 46.0 Å². The maximum Gasteiger partial charge on any atom is 0.358 e. The fourth-order valence-corrected chi connectivity index (χ4v) is 4.17. The Morgan fingerprint density at radius 2 is 2.27 bits per heavy atom. The number of aromatic nitrogens is 4. The first kappa shape index (κ1) is 15.1. The van der Waals surface area contributed by atoms with E-state index in [1.807, 2.05) is 0 Å². The van der Waals surface area contributed by atoms with Crippen molar-refractivity contribution in [2.75, 3.05) is 6.54 Å². The number of thiazole rings is 1. The summed E-state index contributed by atoms with van der Waals surface area (Å²) < 4.78 is 28.1. The third-order valence-corrected chi connectivity index (χ3v) is 6.17. The van der Waals surface area contributed by atoms with Gasteiger partial charge in [0.15, 0.2) is 9.90 Å². The summed E-state index contributed by atoms with van der Waals surface area (Å²) in [4.78, 5) is 14.8. The van der Waals surface area contributed by atoms with Crippen LogP contribution in [0.1, 0.15) is 34.3 Å². The van der Waals surface area contributed by atoms with E-state index in [9.17, 15) is 13.2 Å². The highest BCUT2D eigenvalue weighted by Crippen LogP contribution is 2.42. The van der Waals surface area contributed by atoms with E-state index in [-0.39, 0.29) is 23.0 Å². The second kappa shape index (κ2) is 5.74. The van der Waals surface area contributed by atoms with E-state index in [4.69, 9.17) is 5.11 Å². The monoisotopic (exact) mass is 343 g/mol. The molecule has 0 bridgehead atoms. The summed E-state index contributed by atoms with van der Waals surface area (Å²) in [6.45, 7) is 0.273. The van der Waals surface area contributed by atoms with Crippen LogP contribution in [0.2, 0.25) is 0 Å². The van der Waals surface area contributed by atoms with Crippen LogP contribution in [0.25, 0.3) is 0 Å². The number of carbonyl (C=O) groups is 1. The lowest BCUT2D eigenvalue weighted by Crippen LogP contribution is -2.27. The highest BCUT2D eigenvalue weighted by Gasteiger charge is 2.28. The van der Waals surface area contributed by atoms with Gasteiger partial charge in [0.1, 0.15) is 0 Å². The molecule has 1 aliphatic rings. The Bertz CT molecular complexity index is 793. The predicted octanol–water partition coefficient (Wildman–Crippen LogP) is 0.289. The Labute approximate surface area is 130 Å². The van der Waals surface area contributed by atoms with Gasteiger partial charge < -0.3 is 5.11 Å².